The number of para-hydroxylation sites is 1. The van der Waals surface area contributed by atoms with Gasteiger partial charge in [0, 0.05) is 19.0 Å². The highest BCUT2D eigenvalue weighted by Crippen LogP contribution is 2.26. The van der Waals surface area contributed by atoms with Gasteiger partial charge in [0.25, 0.3) is 0 Å². The standard InChI is InChI=1S/C20H21N3O3S/c1-15-6-2-5-9-19(15)27(25,26)23-12-10-16(11-13-23)20(24)22-18-8-4-3-7-17(18)14-21/h2-9,16H,10-13H2,1H3,(H,22,24). The van der Waals surface area contributed by atoms with E-state index >= 15 is 0 Å². The zero-order chi connectivity index (χ0) is 19.4. The van der Waals surface area contributed by atoms with E-state index in [4.69, 9.17) is 5.26 Å². The second-order valence-corrected chi connectivity index (χ2v) is 8.50. The van der Waals surface area contributed by atoms with Crippen molar-refractivity contribution in [3.05, 3.63) is 59.7 Å². The molecule has 27 heavy (non-hydrogen) atoms. The van der Waals surface area contributed by atoms with Gasteiger partial charge in [-0.05, 0) is 43.5 Å². The molecule has 2 aromatic rings. The molecule has 0 aromatic heterocycles. The largest absolute Gasteiger partial charge is 0.325 e. The van der Waals surface area contributed by atoms with E-state index in [0.29, 0.717) is 47.6 Å². The van der Waals surface area contributed by atoms with Crippen LogP contribution in [0.4, 0.5) is 5.69 Å². The predicted octanol–water partition coefficient (Wildman–Crippen LogP) is 2.91. The summed E-state index contributed by atoms with van der Waals surface area (Å²) < 4.78 is 27.1. The summed E-state index contributed by atoms with van der Waals surface area (Å²) in [5, 5.41) is 11.9. The van der Waals surface area contributed by atoms with Crippen molar-refractivity contribution in [2.24, 2.45) is 5.92 Å². The Morgan fingerprint density at radius 2 is 1.74 bits per heavy atom. The molecule has 1 fully saturated rings. The number of amides is 1. The lowest BCUT2D eigenvalue weighted by Crippen LogP contribution is -2.41. The summed E-state index contributed by atoms with van der Waals surface area (Å²) in [6, 6.07) is 15.8. The summed E-state index contributed by atoms with van der Waals surface area (Å²) in [4.78, 5) is 12.8. The van der Waals surface area contributed by atoms with Gasteiger partial charge >= 0.3 is 0 Å². The van der Waals surface area contributed by atoms with E-state index in [1.807, 2.05) is 6.07 Å². The highest BCUT2D eigenvalue weighted by molar-refractivity contribution is 7.89. The highest BCUT2D eigenvalue weighted by atomic mass is 32.2. The number of nitriles is 1. The number of carbonyl (C=O) groups is 1. The van der Waals surface area contributed by atoms with Crippen molar-refractivity contribution in [2.75, 3.05) is 18.4 Å². The Hall–Kier alpha value is -2.69. The molecule has 1 heterocycles. The molecule has 0 radical (unpaired) electrons. The molecule has 0 saturated carbocycles. The smallest absolute Gasteiger partial charge is 0.243 e. The van der Waals surface area contributed by atoms with Crippen molar-refractivity contribution < 1.29 is 13.2 Å². The number of nitrogens with one attached hydrogen (secondary N) is 1. The van der Waals surface area contributed by atoms with Crippen molar-refractivity contribution in [3.63, 3.8) is 0 Å². The number of carbonyl (C=O) groups excluding carboxylic acids is 1. The van der Waals surface area contributed by atoms with E-state index in [1.54, 1.807) is 49.4 Å². The Kier molecular flexibility index (Phi) is 5.59. The van der Waals surface area contributed by atoms with Gasteiger partial charge in [-0.15, -0.1) is 0 Å². The first kappa shape index (κ1) is 19.1. The Balaban J connectivity index is 1.66. The molecule has 1 aliphatic heterocycles. The second kappa shape index (κ2) is 7.91. The van der Waals surface area contributed by atoms with E-state index in [1.165, 1.54) is 4.31 Å². The average molecular weight is 383 g/mol. The third-order valence-corrected chi connectivity index (χ3v) is 6.90. The van der Waals surface area contributed by atoms with Crippen LogP contribution in [0.25, 0.3) is 0 Å². The summed E-state index contributed by atoms with van der Waals surface area (Å²) in [5.41, 5.74) is 1.61. The molecule has 1 aliphatic rings. The van der Waals surface area contributed by atoms with Crippen LogP contribution >= 0.6 is 0 Å². The Morgan fingerprint density at radius 3 is 2.41 bits per heavy atom. The lowest BCUT2D eigenvalue weighted by Gasteiger charge is -2.31. The highest BCUT2D eigenvalue weighted by Gasteiger charge is 2.32. The maximum absolute atomic E-state index is 12.8. The van der Waals surface area contributed by atoms with Crippen LogP contribution in [0, 0.1) is 24.2 Å². The minimum Gasteiger partial charge on any atom is -0.325 e. The monoisotopic (exact) mass is 383 g/mol. The number of rotatable bonds is 4. The Bertz CT molecular complexity index is 988. The number of hydrogen-bond donors (Lipinski definition) is 1. The van der Waals surface area contributed by atoms with E-state index in [-0.39, 0.29) is 11.8 Å². The molecular formula is C20H21N3O3S. The number of anilines is 1. The molecule has 3 rings (SSSR count). The van der Waals surface area contributed by atoms with Gasteiger partial charge in [-0.25, -0.2) is 8.42 Å². The topological polar surface area (TPSA) is 90.3 Å². The Labute approximate surface area is 159 Å². The molecule has 6 nitrogen and oxygen atoms in total. The summed E-state index contributed by atoms with van der Waals surface area (Å²) in [5.74, 6) is -0.453. The fraction of sp³-hybridized carbons (Fsp3) is 0.300. The number of benzene rings is 2. The zero-order valence-electron chi connectivity index (χ0n) is 15.1. The van der Waals surface area contributed by atoms with Crippen molar-refractivity contribution >= 4 is 21.6 Å². The van der Waals surface area contributed by atoms with Gasteiger partial charge in [0.15, 0.2) is 0 Å². The zero-order valence-corrected chi connectivity index (χ0v) is 15.9. The molecule has 2 aromatic carbocycles. The van der Waals surface area contributed by atoms with Crippen molar-refractivity contribution in [3.8, 4) is 6.07 Å². The molecule has 0 atom stereocenters. The van der Waals surface area contributed by atoms with Crippen LogP contribution in [0.1, 0.15) is 24.0 Å². The second-order valence-electron chi connectivity index (χ2n) is 6.59. The van der Waals surface area contributed by atoms with E-state index in [0.717, 1.165) is 0 Å². The first-order valence-corrected chi connectivity index (χ1v) is 10.2. The van der Waals surface area contributed by atoms with Crippen LogP contribution < -0.4 is 5.32 Å². The third-order valence-electron chi connectivity index (χ3n) is 4.84. The van der Waals surface area contributed by atoms with Crippen LogP contribution in [0.15, 0.2) is 53.4 Å². The third kappa shape index (κ3) is 4.02. The number of sulfonamides is 1. The quantitative estimate of drug-likeness (QED) is 0.879. The van der Waals surface area contributed by atoms with Gasteiger partial charge in [-0.2, -0.15) is 9.57 Å². The molecule has 1 saturated heterocycles. The van der Waals surface area contributed by atoms with E-state index in [9.17, 15) is 13.2 Å². The molecule has 140 valence electrons. The minimum absolute atomic E-state index is 0.175. The predicted molar refractivity (Wildman–Crippen MR) is 102 cm³/mol. The van der Waals surface area contributed by atoms with Crippen LogP contribution in [-0.2, 0) is 14.8 Å². The molecule has 1 N–H and O–H groups in total. The van der Waals surface area contributed by atoms with Gasteiger partial charge in [0.1, 0.15) is 6.07 Å². The first-order valence-electron chi connectivity index (χ1n) is 8.79. The molecule has 0 aliphatic carbocycles. The van der Waals surface area contributed by atoms with E-state index in [2.05, 4.69) is 11.4 Å². The van der Waals surface area contributed by atoms with Gasteiger partial charge in [-0.1, -0.05) is 30.3 Å². The SMILES string of the molecule is Cc1ccccc1S(=O)(=O)N1CCC(C(=O)Nc2ccccc2C#N)CC1. The van der Waals surface area contributed by atoms with Gasteiger partial charge in [0.05, 0.1) is 16.1 Å². The lowest BCUT2D eigenvalue weighted by molar-refractivity contribution is -0.120. The van der Waals surface area contributed by atoms with Gasteiger partial charge in [0.2, 0.25) is 15.9 Å². The van der Waals surface area contributed by atoms with E-state index < -0.39 is 10.0 Å². The molecule has 0 unspecified atom stereocenters. The van der Waals surface area contributed by atoms with Crippen LogP contribution in [-0.4, -0.2) is 31.7 Å². The summed E-state index contributed by atoms with van der Waals surface area (Å²) in [7, 11) is -3.55. The average Bonchev–Trinajstić information content (AvgIpc) is 2.68. The molecule has 7 heteroatoms. The number of hydrogen-bond acceptors (Lipinski definition) is 4. The molecule has 1 amide bonds. The van der Waals surface area contributed by atoms with Gasteiger partial charge < -0.3 is 5.32 Å². The van der Waals surface area contributed by atoms with Gasteiger partial charge in [-0.3, -0.25) is 4.79 Å². The van der Waals surface area contributed by atoms with Crippen LogP contribution in [0.2, 0.25) is 0 Å². The van der Waals surface area contributed by atoms with Crippen molar-refractivity contribution in [2.45, 2.75) is 24.7 Å². The summed E-state index contributed by atoms with van der Waals surface area (Å²) in [6.45, 7) is 2.38. The number of piperidine rings is 1. The van der Waals surface area contributed by atoms with Crippen molar-refractivity contribution in [1.29, 1.82) is 5.26 Å². The summed E-state index contributed by atoms with van der Waals surface area (Å²) >= 11 is 0. The fourth-order valence-electron chi connectivity index (χ4n) is 3.27. The molecule has 0 bridgehead atoms. The number of aryl methyl sites for hydroxylation is 1. The van der Waals surface area contributed by atoms with Crippen LogP contribution in [0.5, 0.6) is 0 Å². The normalized spacial score (nSPS) is 15.9. The maximum Gasteiger partial charge on any atom is 0.243 e. The van der Waals surface area contributed by atoms with Crippen LogP contribution in [0.3, 0.4) is 0 Å². The first-order chi connectivity index (χ1) is 12.9. The molecule has 0 spiro atoms. The molecular weight excluding hydrogens is 362 g/mol. The maximum atomic E-state index is 12.8. The summed E-state index contributed by atoms with van der Waals surface area (Å²) in [6.07, 6.45) is 0.900. The van der Waals surface area contributed by atoms with Crippen molar-refractivity contribution in [1.82, 2.24) is 4.31 Å². The Morgan fingerprint density at radius 1 is 1.11 bits per heavy atom. The minimum atomic E-state index is -3.55. The fourth-order valence-corrected chi connectivity index (χ4v) is 4.96. The number of nitrogens with zero attached hydrogens (tertiary/aromatic N) is 2. The lowest BCUT2D eigenvalue weighted by atomic mass is 9.97.